The first-order chi connectivity index (χ1) is 12.9. The zero-order valence-electron chi connectivity index (χ0n) is 14.7. The molecule has 27 heavy (non-hydrogen) atoms. The van der Waals surface area contributed by atoms with Crippen LogP contribution in [0.25, 0.3) is 0 Å². The van der Waals surface area contributed by atoms with E-state index in [-0.39, 0.29) is 11.7 Å². The van der Waals surface area contributed by atoms with Gasteiger partial charge in [-0.2, -0.15) is 4.98 Å². The molecule has 1 aliphatic heterocycles. The van der Waals surface area contributed by atoms with Crippen molar-refractivity contribution in [2.24, 2.45) is 0 Å². The number of aryl methyl sites for hydroxylation is 1. The third kappa shape index (κ3) is 4.94. The summed E-state index contributed by atoms with van der Waals surface area (Å²) >= 11 is 0. The highest BCUT2D eigenvalue weighted by Gasteiger charge is 2.20. The van der Waals surface area contributed by atoms with E-state index >= 15 is 0 Å². The van der Waals surface area contributed by atoms with Crippen LogP contribution >= 0.6 is 0 Å². The highest BCUT2D eigenvalue weighted by atomic mass is 19.1. The van der Waals surface area contributed by atoms with Crippen LogP contribution in [0.2, 0.25) is 0 Å². The van der Waals surface area contributed by atoms with Gasteiger partial charge >= 0.3 is 18.1 Å². The number of benzene rings is 1. The predicted molar refractivity (Wildman–Crippen MR) is 95.2 cm³/mol. The van der Waals surface area contributed by atoms with Crippen molar-refractivity contribution >= 4 is 23.8 Å². The monoisotopic (exact) mass is 377 g/mol. The Kier molecular flexibility index (Phi) is 5.55. The SMILES string of the molecule is Cc1coc(NC(=O)Nc2cc(CN3CCN(C(=O)O)CC3)ccc2F)n1. The van der Waals surface area contributed by atoms with Crippen LogP contribution < -0.4 is 10.6 Å². The van der Waals surface area contributed by atoms with Crippen LogP contribution in [0.1, 0.15) is 11.3 Å². The molecular formula is C17H20FN5O4. The molecule has 0 radical (unpaired) electrons. The molecule has 9 nitrogen and oxygen atoms in total. The summed E-state index contributed by atoms with van der Waals surface area (Å²) in [6.07, 6.45) is 0.469. The molecule has 0 aliphatic carbocycles. The molecule has 144 valence electrons. The van der Waals surface area contributed by atoms with Gasteiger partial charge in [-0.3, -0.25) is 10.2 Å². The molecule has 10 heteroatoms. The molecule has 3 N–H and O–H groups in total. The molecule has 1 saturated heterocycles. The maximum absolute atomic E-state index is 14.0. The van der Waals surface area contributed by atoms with Crippen LogP contribution in [0.3, 0.4) is 0 Å². The Morgan fingerprint density at radius 1 is 1.26 bits per heavy atom. The van der Waals surface area contributed by atoms with Crippen molar-refractivity contribution in [2.45, 2.75) is 13.5 Å². The second-order valence-electron chi connectivity index (χ2n) is 6.23. The summed E-state index contributed by atoms with van der Waals surface area (Å²) in [5.74, 6) is -0.562. The molecule has 0 spiro atoms. The molecule has 2 aromatic rings. The molecular weight excluding hydrogens is 357 g/mol. The van der Waals surface area contributed by atoms with Gasteiger partial charge < -0.3 is 19.7 Å². The lowest BCUT2D eigenvalue weighted by Crippen LogP contribution is -2.47. The highest BCUT2D eigenvalue weighted by molar-refractivity contribution is 5.98. The summed E-state index contributed by atoms with van der Waals surface area (Å²) in [5, 5.41) is 13.8. The fourth-order valence-electron chi connectivity index (χ4n) is 2.78. The Bertz CT molecular complexity index is 832. The van der Waals surface area contributed by atoms with Gasteiger partial charge in [-0.25, -0.2) is 14.0 Å². The Hall–Kier alpha value is -3.14. The Balaban J connectivity index is 1.59. The average Bonchev–Trinajstić information content (AvgIpc) is 3.03. The molecule has 0 saturated carbocycles. The molecule has 3 amide bonds. The quantitative estimate of drug-likeness (QED) is 0.755. The van der Waals surface area contributed by atoms with E-state index in [2.05, 4.69) is 20.5 Å². The number of piperazine rings is 1. The first kappa shape index (κ1) is 18.6. The van der Waals surface area contributed by atoms with Crippen molar-refractivity contribution in [3.63, 3.8) is 0 Å². The number of hydrogen-bond acceptors (Lipinski definition) is 5. The maximum Gasteiger partial charge on any atom is 0.407 e. The number of carbonyl (C=O) groups excluding carboxylic acids is 1. The van der Waals surface area contributed by atoms with Crippen molar-refractivity contribution in [1.29, 1.82) is 0 Å². The number of anilines is 2. The molecule has 1 aliphatic rings. The average molecular weight is 377 g/mol. The van der Waals surface area contributed by atoms with Crippen molar-refractivity contribution < 1.29 is 23.5 Å². The van der Waals surface area contributed by atoms with Gasteiger partial charge in [-0.15, -0.1) is 0 Å². The molecule has 1 fully saturated rings. The van der Waals surface area contributed by atoms with Gasteiger partial charge in [0, 0.05) is 32.7 Å². The van der Waals surface area contributed by atoms with Crippen LogP contribution in [0, 0.1) is 12.7 Å². The van der Waals surface area contributed by atoms with Crippen LogP contribution in [0.4, 0.5) is 25.7 Å². The van der Waals surface area contributed by atoms with Gasteiger partial charge in [-0.1, -0.05) is 6.07 Å². The second-order valence-corrected chi connectivity index (χ2v) is 6.23. The molecule has 0 unspecified atom stereocenters. The van der Waals surface area contributed by atoms with E-state index in [4.69, 9.17) is 9.52 Å². The lowest BCUT2D eigenvalue weighted by atomic mass is 10.1. The summed E-state index contributed by atoms with van der Waals surface area (Å²) in [7, 11) is 0. The Labute approximate surface area is 154 Å². The molecule has 0 atom stereocenters. The number of urea groups is 1. The standard InChI is InChI=1S/C17H20FN5O4/c1-11-10-27-16(19-11)21-15(24)20-14-8-12(2-3-13(14)18)9-22-4-6-23(7-5-22)17(25)26/h2-3,8,10H,4-7,9H2,1H3,(H,25,26)(H2,19,20,21,24). The minimum atomic E-state index is -0.921. The van der Waals surface area contributed by atoms with E-state index in [0.29, 0.717) is 38.4 Å². The minimum Gasteiger partial charge on any atom is -0.465 e. The van der Waals surface area contributed by atoms with Crippen LogP contribution in [0.15, 0.2) is 28.9 Å². The summed E-state index contributed by atoms with van der Waals surface area (Å²) in [4.78, 5) is 30.3. The van der Waals surface area contributed by atoms with E-state index in [9.17, 15) is 14.0 Å². The third-order valence-electron chi connectivity index (χ3n) is 4.17. The largest absolute Gasteiger partial charge is 0.465 e. The number of nitrogens with zero attached hydrogens (tertiary/aromatic N) is 3. The minimum absolute atomic E-state index is 0.0258. The van der Waals surface area contributed by atoms with Crippen LogP contribution in [-0.2, 0) is 6.54 Å². The van der Waals surface area contributed by atoms with Gasteiger partial charge in [-0.05, 0) is 24.6 Å². The number of carbonyl (C=O) groups is 2. The summed E-state index contributed by atoms with van der Waals surface area (Å²) in [6, 6.07) is 3.84. The normalized spacial score (nSPS) is 14.8. The lowest BCUT2D eigenvalue weighted by molar-refractivity contribution is 0.103. The molecule has 1 aromatic carbocycles. The highest BCUT2D eigenvalue weighted by Crippen LogP contribution is 2.19. The zero-order valence-corrected chi connectivity index (χ0v) is 14.7. The fourth-order valence-corrected chi connectivity index (χ4v) is 2.78. The first-order valence-corrected chi connectivity index (χ1v) is 8.39. The summed E-state index contributed by atoms with van der Waals surface area (Å²) in [5.41, 5.74) is 1.46. The van der Waals surface area contributed by atoms with Crippen LogP contribution in [0.5, 0.6) is 0 Å². The number of nitrogens with one attached hydrogen (secondary N) is 2. The third-order valence-corrected chi connectivity index (χ3v) is 4.17. The van der Waals surface area contributed by atoms with E-state index in [1.165, 1.54) is 17.2 Å². The van der Waals surface area contributed by atoms with Crippen LogP contribution in [-0.4, -0.2) is 58.2 Å². The number of amides is 3. The van der Waals surface area contributed by atoms with E-state index in [1.54, 1.807) is 19.1 Å². The van der Waals surface area contributed by atoms with Crippen molar-refractivity contribution in [2.75, 3.05) is 36.8 Å². The number of carboxylic acid groups (broad SMARTS) is 1. The smallest absolute Gasteiger partial charge is 0.407 e. The number of aromatic nitrogens is 1. The number of oxazole rings is 1. The van der Waals surface area contributed by atoms with Gasteiger partial charge in [0.2, 0.25) is 0 Å². The summed E-state index contributed by atoms with van der Waals surface area (Å²) < 4.78 is 19.0. The first-order valence-electron chi connectivity index (χ1n) is 8.39. The molecule has 2 heterocycles. The summed E-state index contributed by atoms with van der Waals surface area (Å²) in [6.45, 7) is 4.29. The van der Waals surface area contributed by atoms with Gasteiger partial charge in [0.15, 0.2) is 0 Å². The Morgan fingerprint density at radius 3 is 2.63 bits per heavy atom. The molecule has 3 rings (SSSR count). The maximum atomic E-state index is 14.0. The lowest BCUT2D eigenvalue weighted by Gasteiger charge is -2.33. The van der Waals surface area contributed by atoms with Crippen molar-refractivity contribution in [3.8, 4) is 0 Å². The number of rotatable bonds is 4. The van der Waals surface area contributed by atoms with E-state index < -0.39 is 17.9 Å². The topological polar surface area (TPSA) is 111 Å². The number of halogens is 1. The molecule has 1 aromatic heterocycles. The van der Waals surface area contributed by atoms with Gasteiger partial charge in [0.1, 0.15) is 12.1 Å². The fraction of sp³-hybridized carbons (Fsp3) is 0.353. The van der Waals surface area contributed by atoms with E-state index in [1.807, 2.05) is 0 Å². The van der Waals surface area contributed by atoms with Crippen molar-refractivity contribution in [3.05, 3.63) is 41.5 Å². The second kappa shape index (κ2) is 8.04. The Morgan fingerprint density at radius 2 is 2.00 bits per heavy atom. The zero-order chi connectivity index (χ0) is 19.4. The molecule has 0 bridgehead atoms. The van der Waals surface area contributed by atoms with Crippen molar-refractivity contribution in [1.82, 2.24) is 14.8 Å². The van der Waals surface area contributed by atoms with Gasteiger partial charge in [0.25, 0.3) is 0 Å². The predicted octanol–water partition coefficient (Wildman–Crippen LogP) is 2.56. The van der Waals surface area contributed by atoms with Gasteiger partial charge in [0.05, 0.1) is 11.4 Å². The van der Waals surface area contributed by atoms with E-state index in [0.717, 1.165) is 5.56 Å². The number of hydrogen-bond donors (Lipinski definition) is 3.